The van der Waals surface area contributed by atoms with Crippen LogP contribution in [0.5, 0.6) is 0 Å². The maximum atomic E-state index is 12.2. The monoisotopic (exact) mass is 257 g/mol. The third kappa shape index (κ3) is 3.17. The first-order chi connectivity index (χ1) is 8.04. The van der Waals surface area contributed by atoms with Gasteiger partial charge in [0.25, 0.3) is 10.0 Å². The molecule has 5 nitrogen and oxygen atoms in total. The molecule has 0 bridgehead atoms. The largest absolute Gasteiger partial charge is 0.386 e. The highest BCUT2D eigenvalue weighted by Gasteiger charge is 2.24. The van der Waals surface area contributed by atoms with E-state index in [1.165, 1.54) is 10.5 Å². The minimum absolute atomic E-state index is 0.0844. The van der Waals surface area contributed by atoms with Crippen LogP contribution in [-0.4, -0.2) is 38.3 Å². The van der Waals surface area contributed by atoms with Crippen LogP contribution in [0.15, 0.2) is 23.4 Å². The first kappa shape index (κ1) is 13.9. The summed E-state index contributed by atoms with van der Waals surface area (Å²) in [5.74, 6) is 0. The second-order valence-electron chi connectivity index (χ2n) is 3.79. The lowest BCUT2D eigenvalue weighted by atomic mass is 10.3. The SMILES string of the molecule is CCCCN(C)S(=O)(=O)c1ncccc1NC. The molecule has 1 N–H and O–H groups in total. The molecule has 0 saturated heterocycles. The maximum Gasteiger partial charge on any atom is 0.262 e. The van der Waals surface area contributed by atoms with Crippen LogP contribution in [0.1, 0.15) is 19.8 Å². The van der Waals surface area contributed by atoms with E-state index in [-0.39, 0.29) is 5.03 Å². The van der Waals surface area contributed by atoms with Gasteiger partial charge in [-0.05, 0) is 18.6 Å². The Labute approximate surface area is 103 Å². The second kappa shape index (κ2) is 5.97. The van der Waals surface area contributed by atoms with E-state index in [9.17, 15) is 8.42 Å². The Morgan fingerprint density at radius 2 is 2.18 bits per heavy atom. The van der Waals surface area contributed by atoms with Gasteiger partial charge in [0.2, 0.25) is 0 Å². The summed E-state index contributed by atoms with van der Waals surface area (Å²) < 4.78 is 25.8. The molecule has 0 unspecified atom stereocenters. The van der Waals surface area contributed by atoms with Gasteiger partial charge in [0.15, 0.2) is 5.03 Å². The standard InChI is InChI=1S/C11H19N3O2S/c1-4-5-9-14(3)17(15,16)11-10(12-2)7-6-8-13-11/h6-8,12H,4-5,9H2,1-3H3. The molecule has 1 aromatic rings. The van der Waals surface area contributed by atoms with E-state index < -0.39 is 10.0 Å². The summed E-state index contributed by atoms with van der Waals surface area (Å²) in [6.45, 7) is 2.54. The molecular formula is C11H19N3O2S. The van der Waals surface area contributed by atoms with Crippen LogP contribution in [0.2, 0.25) is 0 Å². The molecular weight excluding hydrogens is 238 g/mol. The van der Waals surface area contributed by atoms with Gasteiger partial charge in [-0.1, -0.05) is 13.3 Å². The molecule has 0 aliphatic carbocycles. The number of hydrogen-bond donors (Lipinski definition) is 1. The van der Waals surface area contributed by atoms with Crippen molar-refractivity contribution >= 4 is 15.7 Å². The number of hydrogen-bond acceptors (Lipinski definition) is 4. The van der Waals surface area contributed by atoms with Crippen LogP contribution >= 0.6 is 0 Å². The van der Waals surface area contributed by atoms with Gasteiger partial charge in [-0.15, -0.1) is 0 Å². The predicted octanol–water partition coefficient (Wildman–Crippen LogP) is 1.54. The molecule has 1 heterocycles. The second-order valence-corrected chi connectivity index (χ2v) is 5.75. The van der Waals surface area contributed by atoms with Gasteiger partial charge in [0, 0.05) is 26.8 Å². The highest BCUT2D eigenvalue weighted by molar-refractivity contribution is 7.89. The van der Waals surface area contributed by atoms with Gasteiger partial charge in [-0.3, -0.25) is 0 Å². The van der Waals surface area contributed by atoms with Crippen molar-refractivity contribution < 1.29 is 8.42 Å². The molecule has 0 spiro atoms. The fraction of sp³-hybridized carbons (Fsp3) is 0.545. The highest BCUT2D eigenvalue weighted by atomic mass is 32.2. The fourth-order valence-corrected chi connectivity index (χ4v) is 2.74. The Bertz CT molecular complexity index is 460. The van der Waals surface area contributed by atoms with Gasteiger partial charge >= 0.3 is 0 Å². The maximum absolute atomic E-state index is 12.2. The van der Waals surface area contributed by atoms with E-state index >= 15 is 0 Å². The average Bonchev–Trinajstić information content (AvgIpc) is 2.35. The van der Waals surface area contributed by atoms with E-state index in [2.05, 4.69) is 10.3 Å². The van der Waals surface area contributed by atoms with Crippen LogP contribution in [0, 0.1) is 0 Å². The van der Waals surface area contributed by atoms with Crippen molar-refractivity contribution in [2.75, 3.05) is 26.0 Å². The van der Waals surface area contributed by atoms with E-state index in [1.807, 2.05) is 6.92 Å². The quantitative estimate of drug-likeness (QED) is 0.839. The number of rotatable bonds is 6. The van der Waals surface area contributed by atoms with Crippen molar-refractivity contribution in [3.05, 3.63) is 18.3 Å². The molecule has 0 amide bonds. The Balaban J connectivity index is 3.04. The van der Waals surface area contributed by atoms with Crippen LogP contribution in [0.25, 0.3) is 0 Å². The molecule has 0 aromatic carbocycles. The van der Waals surface area contributed by atoms with E-state index in [0.717, 1.165) is 12.8 Å². The third-order valence-electron chi connectivity index (χ3n) is 2.52. The number of unbranched alkanes of at least 4 members (excludes halogenated alkanes) is 1. The molecule has 96 valence electrons. The summed E-state index contributed by atoms with van der Waals surface area (Å²) in [4.78, 5) is 3.96. The number of aromatic nitrogens is 1. The molecule has 1 aromatic heterocycles. The molecule has 0 fully saturated rings. The van der Waals surface area contributed by atoms with Gasteiger partial charge in [0.1, 0.15) is 0 Å². The first-order valence-electron chi connectivity index (χ1n) is 5.63. The number of anilines is 1. The molecule has 0 radical (unpaired) electrons. The summed E-state index contributed by atoms with van der Waals surface area (Å²) in [7, 11) is -0.229. The van der Waals surface area contributed by atoms with Gasteiger partial charge in [-0.25, -0.2) is 13.4 Å². The van der Waals surface area contributed by atoms with Crippen molar-refractivity contribution in [3.8, 4) is 0 Å². The lowest BCUT2D eigenvalue weighted by molar-refractivity contribution is 0.457. The van der Waals surface area contributed by atoms with Crippen LogP contribution in [0.4, 0.5) is 5.69 Å². The summed E-state index contributed by atoms with van der Waals surface area (Å²) >= 11 is 0. The first-order valence-corrected chi connectivity index (χ1v) is 7.07. The number of sulfonamides is 1. The predicted molar refractivity (Wildman–Crippen MR) is 68.5 cm³/mol. The minimum Gasteiger partial charge on any atom is -0.386 e. The third-order valence-corrected chi connectivity index (χ3v) is 4.34. The summed E-state index contributed by atoms with van der Waals surface area (Å²) in [6, 6.07) is 3.41. The number of nitrogens with zero attached hydrogens (tertiary/aromatic N) is 2. The van der Waals surface area contributed by atoms with Gasteiger partial charge in [0.05, 0.1) is 5.69 Å². The smallest absolute Gasteiger partial charge is 0.262 e. The Hall–Kier alpha value is -1.14. The van der Waals surface area contributed by atoms with Crippen LogP contribution < -0.4 is 5.32 Å². The highest BCUT2D eigenvalue weighted by Crippen LogP contribution is 2.20. The summed E-state index contributed by atoms with van der Waals surface area (Å²) in [5, 5.41) is 2.93. The molecule has 1 rings (SSSR count). The minimum atomic E-state index is -3.49. The van der Waals surface area contributed by atoms with Crippen molar-refractivity contribution in [3.63, 3.8) is 0 Å². The zero-order chi connectivity index (χ0) is 12.9. The zero-order valence-corrected chi connectivity index (χ0v) is 11.3. The van der Waals surface area contributed by atoms with E-state index in [0.29, 0.717) is 12.2 Å². The molecule has 0 saturated carbocycles. The Morgan fingerprint density at radius 3 is 2.76 bits per heavy atom. The average molecular weight is 257 g/mol. The van der Waals surface area contributed by atoms with E-state index in [1.54, 1.807) is 26.2 Å². The van der Waals surface area contributed by atoms with Crippen LogP contribution in [-0.2, 0) is 10.0 Å². The van der Waals surface area contributed by atoms with Crippen molar-refractivity contribution in [2.45, 2.75) is 24.8 Å². The van der Waals surface area contributed by atoms with Crippen molar-refractivity contribution in [2.24, 2.45) is 0 Å². The van der Waals surface area contributed by atoms with Gasteiger partial charge < -0.3 is 5.32 Å². The normalized spacial score (nSPS) is 11.8. The van der Waals surface area contributed by atoms with Crippen molar-refractivity contribution in [1.29, 1.82) is 0 Å². The molecule has 0 atom stereocenters. The topological polar surface area (TPSA) is 62.3 Å². The van der Waals surface area contributed by atoms with Crippen LogP contribution in [0.3, 0.4) is 0 Å². The van der Waals surface area contributed by atoms with E-state index in [4.69, 9.17) is 0 Å². The molecule has 17 heavy (non-hydrogen) atoms. The fourth-order valence-electron chi connectivity index (χ4n) is 1.44. The Kier molecular flexibility index (Phi) is 4.89. The Morgan fingerprint density at radius 1 is 1.47 bits per heavy atom. The summed E-state index contributed by atoms with van der Waals surface area (Å²) in [6.07, 6.45) is 3.29. The lowest BCUT2D eigenvalue weighted by Crippen LogP contribution is -2.29. The number of nitrogens with one attached hydrogen (secondary N) is 1. The summed E-state index contributed by atoms with van der Waals surface area (Å²) in [5.41, 5.74) is 0.524. The molecule has 0 aliphatic heterocycles. The molecule has 0 aliphatic rings. The molecule has 6 heteroatoms. The van der Waals surface area contributed by atoms with Crippen molar-refractivity contribution in [1.82, 2.24) is 9.29 Å². The number of pyridine rings is 1. The lowest BCUT2D eigenvalue weighted by Gasteiger charge is -2.17. The zero-order valence-electron chi connectivity index (χ0n) is 10.5. The van der Waals surface area contributed by atoms with Gasteiger partial charge in [-0.2, -0.15) is 4.31 Å².